The van der Waals surface area contributed by atoms with E-state index in [1.54, 1.807) is 28.6 Å². The van der Waals surface area contributed by atoms with Crippen molar-refractivity contribution in [1.82, 2.24) is 9.21 Å². The Balaban J connectivity index is 1.54. The highest BCUT2D eigenvalue weighted by Crippen LogP contribution is 2.35. The van der Waals surface area contributed by atoms with E-state index in [0.29, 0.717) is 48.1 Å². The molecule has 5 nitrogen and oxygen atoms in total. The minimum Gasteiger partial charge on any atom is -0.334 e. The highest BCUT2D eigenvalue weighted by atomic mass is 35.5. The summed E-state index contributed by atoms with van der Waals surface area (Å²) in [5.41, 5.74) is 2.51. The molecule has 1 fully saturated rings. The van der Waals surface area contributed by atoms with Crippen LogP contribution in [0.2, 0.25) is 5.02 Å². The average Bonchev–Trinajstić information content (AvgIpc) is 2.99. The van der Waals surface area contributed by atoms with Crippen LogP contribution in [0.15, 0.2) is 118 Å². The summed E-state index contributed by atoms with van der Waals surface area (Å²) in [6.07, 6.45) is 1.68. The standard InChI is InChI=1S/C35H37ClN2O3S2/c1-26-20-27(2)24-38(23-26)43(40,41)32-16-17-34(42-31-15-9-14-30(36)21-31)33(22-32)35(39)37(25-29-12-7-4-8-13-29)19-18-28-10-5-3-6-11-28/h3-17,21-22,26-27H,18-20,23-25H2,1-2H3/t26-,27-/m1/s1. The molecule has 4 aromatic carbocycles. The van der Waals surface area contributed by atoms with Crippen LogP contribution in [0.4, 0.5) is 0 Å². The van der Waals surface area contributed by atoms with Crippen LogP contribution in [-0.2, 0) is 23.0 Å². The van der Waals surface area contributed by atoms with E-state index in [0.717, 1.165) is 22.4 Å². The fourth-order valence-electron chi connectivity index (χ4n) is 5.67. The summed E-state index contributed by atoms with van der Waals surface area (Å²) in [6, 6.07) is 32.4. The fraction of sp³-hybridized carbons (Fsp3) is 0.286. The smallest absolute Gasteiger partial charge is 0.255 e. The van der Waals surface area contributed by atoms with Crippen molar-refractivity contribution in [3.63, 3.8) is 0 Å². The van der Waals surface area contributed by atoms with Gasteiger partial charge >= 0.3 is 0 Å². The van der Waals surface area contributed by atoms with Gasteiger partial charge in [0, 0.05) is 41.0 Å². The zero-order valence-corrected chi connectivity index (χ0v) is 26.9. The Kier molecular flexibility index (Phi) is 10.3. The third kappa shape index (κ3) is 8.09. The van der Waals surface area contributed by atoms with Gasteiger partial charge in [0.2, 0.25) is 10.0 Å². The molecule has 43 heavy (non-hydrogen) atoms. The lowest BCUT2D eigenvalue weighted by Crippen LogP contribution is -2.42. The monoisotopic (exact) mass is 632 g/mol. The van der Waals surface area contributed by atoms with Crippen molar-refractivity contribution in [3.05, 3.63) is 125 Å². The number of hydrogen-bond acceptors (Lipinski definition) is 4. The number of carbonyl (C=O) groups is 1. The largest absolute Gasteiger partial charge is 0.334 e. The minimum absolute atomic E-state index is 0.148. The number of sulfonamides is 1. The molecule has 1 aliphatic rings. The van der Waals surface area contributed by atoms with Gasteiger partial charge in [-0.25, -0.2) is 8.42 Å². The molecule has 0 unspecified atom stereocenters. The molecule has 0 aliphatic carbocycles. The van der Waals surface area contributed by atoms with Crippen molar-refractivity contribution in [2.75, 3.05) is 19.6 Å². The van der Waals surface area contributed by atoms with Gasteiger partial charge in [0.15, 0.2) is 0 Å². The predicted octanol–water partition coefficient (Wildman–Crippen LogP) is 8.04. The molecule has 8 heteroatoms. The van der Waals surface area contributed by atoms with E-state index in [-0.39, 0.29) is 22.6 Å². The third-order valence-electron chi connectivity index (χ3n) is 7.70. The SMILES string of the molecule is C[C@@H]1C[C@@H](C)CN(S(=O)(=O)c2ccc(Sc3cccc(Cl)c3)c(C(=O)N(CCc3ccccc3)Cc3ccccc3)c2)C1. The second-order valence-electron chi connectivity index (χ2n) is 11.4. The van der Waals surface area contributed by atoms with Gasteiger partial charge < -0.3 is 4.90 Å². The first-order valence-electron chi connectivity index (χ1n) is 14.6. The van der Waals surface area contributed by atoms with E-state index < -0.39 is 10.0 Å². The van der Waals surface area contributed by atoms with Crippen LogP contribution in [0.3, 0.4) is 0 Å². The first-order valence-corrected chi connectivity index (χ1v) is 17.3. The Hall–Kier alpha value is -3.10. The van der Waals surface area contributed by atoms with E-state index in [2.05, 4.69) is 26.0 Å². The Labute approximate surface area is 264 Å². The fourth-order valence-corrected chi connectivity index (χ4v) is 8.61. The van der Waals surface area contributed by atoms with Gasteiger partial charge in [-0.1, -0.05) is 104 Å². The van der Waals surface area contributed by atoms with Gasteiger partial charge in [-0.15, -0.1) is 0 Å². The predicted molar refractivity (Wildman–Crippen MR) is 175 cm³/mol. The topological polar surface area (TPSA) is 57.7 Å². The van der Waals surface area contributed by atoms with Crippen molar-refractivity contribution < 1.29 is 13.2 Å². The molecule has 0 spiro atoms. The summed E-state index contributed by atoms with van der Waals surface area (Å²) in [5.74, 6) is 0.343. The van der Waals surface area contributed by atoms with Gasteiger partial charge in [0.25, 0.3) is 5.91 Å². The highest BCUT2D eigenvalue weighted by molar-refractivity contribution is 7.99. The molecular weight excluding hydrogens is 596 g/mol. The molecule has 0 radical (unpaired) electrons. The maximum Gasteiger partial charge on any atom is 0.255 e. The van der Waals surface area contributed by atoms with Crippen molar-refractivity contribution in [2.45, 2.75) is 47.9 Å². The lowest BCUT2D eigenvalue weighted by atomic mass is 9.94. The van der Waals surface area contributed by atoms with Gasteiger partial charge in [-0.2, -0.15) is 4.31 Å². The molecule has 1 saturated heterocycles. The Bertz CT molecular complexity index is 1640. The minimum atomic E-state index is -3.79. The summed E-state index contributed by atoms with van der Waals surface area (Å²) in [7, 11) is -3.79. The van der Waals surface area contributed by atoms with Crippen molar-refractivity contribution in [2.24, 2.45) is 11.8 Å². The van der Waals surface area contributed by atoms with Crippen molar-refractivity contribution >= 4 is 39.3 Å². The molecule has 0 bridgehead atoms. The molecule has 224 valence electrons. The van der Waals surface area contributed by atoms with Crippen LogP contribution in [0.1, 0.15) is 41.8 Å². The van der Waals surface area contributed by atoms with Crippen molar-refractivity contribution in [1.29, 1.82) is 0 Å². The summed E-state index contributed by atoms with van der Waals surface area (Å²) in [4.78, 5) is 18.0. The number of piperidine rings is 1. The molecule has 1 heterocycles. The molecule has 0 aromatic heterocycles. The van der Waals surface area contributed by atoms with E-state index in [1.165, 1.54) is 11.8 Å². The zero-order chi connectivity index (χ0) is 30.4. The third-order valence-corrected chi connectivity index (χ3v) is 10.8. The van der Waals surface area contributed by atoms with Gasteiger partial charge in [0.1, 0.15) is 0 Å². The molecule has 4 aromatic rings. The summed E-state index contributed by atoms with van der Waals surface area (Å²) >= 11 is 7.69. The van der Waals surface area contributed by atoms with E-state index in [9.17, 15) is 13.2 Å². The number of halogens is 1. The average molecular weight is 633 g/mol. The summed E-state index contributed by atoms with van der Waals surface area (Å²) in [5, 5.41) is 0.596. The Morgan fingerprint density at radius 2 is 1.51 bits per heavy atom. The van der Waals surface area contributed by atoms with E-state index >= 15 is 0 Å². The molecule has 0 saturated carbocycles. The highest BCUT2D eigenvalue weighted by Gasteiger charge is 2.33. The maximum atomic E-state index is 14.5. The second-order valence-corrected chi connectivity index (χ2v) is 14.9. The molecule has 0 N–H and O–H groups in total. The van der Waals surface area contributed by atoms with Crippen molar-refractivity contribution in [3.8, 4) is 0 Å². The number of benzene rings is 4. The quantitative estimate of drug-likeness (QED) is 0.178. The summed E-state index contributed by atoms with van der Waals surface area (Å²) in [6.45, 7) is 6.03. The normalized spacial score (nSPS) is 17.5. The Morgan fingerprint density at radius 3 is 2.16 bits per heavy atom. The van der Waals surface area contributed by atoms with E-state index in [4.69, 9.17) is 11.6 Å². The second kappa shape index (κ2) is 14.1. The molecular formula is C35H37ClN2O3S2. The lowest BCUT2D eigenvalue weighted by Gasteiger charge is -2.34. The van der Waals surface area contributed by atoms with Crippen LogP contribution in [-0.4, -0.2) is 43.2 Å². The lowest BCUT2D eigenvalue weighted by molar-refractivity contribution is 0.0741. The van der Waals surface area contributed by atoms with Gasteiger partial charge in [-0.05, 0) is 72.2 Å². The van der Waals surface area contributed by atoms with Crippen LogP contribution in [0, 0.1) is 11.8 Å². The number of nitrogens with zero attached hydrogens (tertiary/aromatic N) is 2. The van der Waals surface area contributed by atoms with E-state index in [1.807, 2.05) is 71.6 Å². The first kappa shape index (κ1) is 31.3. The Morgan fingerprint density at radius 1 is 0.860 bits per heavy atom. The molecule has 2 atom stereocenters. The first-order chi connectivity index (χ1) is 20.7. The zero-order valence-electron chi connectivity index (χ0n) is 24.5. The molecule has 1 amide bonds. The molecule has 1 aliphatic heterocycles. The molecule has 5 rings (SSSR count). The van der Waals surface area contributed by atoms with Gasteiger partial charge in [-0.3, -0.25) is 4.79 Å². The van der Waals surface area contributed by atoms with Crippen LogP contribution in [0.25, 0.3) is 0 Å². The van der Waals surface area contributed by atoms with Crippen LogP contribution in [0.5, 0.6) is 0 Å². The number of carbonyl (C=O) groups excluding carboxylic acids is 1. The number of rotatable bonds is 10. The summed E-state index contributed by atoms with van der Waals surface area (Å²) < 4.78 is 29.4. The van der Waals surface area contributed by atoms with Crippen LogP contribution >= 0.6 is 23.4 Å². The van der Waals surface area contributed by atoms with Crippen LogP contribution < -0.4 is 0 Å². The van der Waals surface area contributed by atoms with Gasteiger partial charge in [0.05, 0.1) is 10.5 Å². The maximum absolute atomic E-state index is 14.5. The number of hydrogen-bond donors (Lipinski definition) is 0. The number of amides is 1.